The van der Waals surface area contributed by atoms with Gasteiger partial charge in [-0.3, -0.25) is 5.10 Å². The highest BCUT2D eigenvalue weighted by Crippen LogP contribution is 2.10. The zero-order valence-electron chi connectivity index (χ0n) is 9.06. The molecule has 0 saturated carbocycles. The van der Waals surface area contributed by atoms with E-state index in [9.17, 15) is 8.42 Å². The van der Waals surface area contributed by atoms with E-state index in [1.165, 1.54) is 6.20 Å². The minimum atomic E-state index is -3.54. The van der Waals surface area contributed by atoms with Crippen molar-refractivity contribution in [3.05, 3.63) is 11.8 Å². The fourth-order valence-corrected chi connectivity index (χ4v) is 2.38. The molecule has 0 fully saturated rings. The molecule has 0 atom stereocenters. The van der Waals surface area contributed by atoms with Gasteiger partial charge in [0.15, 0.2) is 5.03 Å². The molecule has 0 radical (unpaired) electrons. The average molecular weight is 248 g/mol. The highest BCUT2D eigenvalue weighted by molar-refractivity contribution is 7.89. The van der Waals surface area contributed by atoms with Crippen LogP contribution in [0.2, 0.25) is 0 Å². The average Bonchev–Trinajstić information content (AvgIpc) is 2.73. The Kier molecular flexibility index (Phi) is 4.87. The molecule has 0 amide bonds. The number of hydrogen-bond donors (Lipinski definition) is 3. The van der Waals surface area contributed by atoms with E-state index in [2.05, 4.69) is 14.9 Å². The molecule has 16 heavy (non-hydrogen) atoms. The number of hydrogen-bond acceptors (Lipinski definition) is 5. The van der Waals surface area contributed by atoms with Gasteiger partial charge in [0.05, 0.1) is 6.20 Å². The van der Waals surface area contributed by atoms with Crippen LogP contribution in [-0.2, 0) is 21.3 Å². The van der Waals surface area contributed by atoms with Gasteiger partial charge in [0.2, 0.25) is 0 Å². The second-order valence-electron chi connectivity index (χ2n) is 3.17. The summed E-state index contributed by atoms with van der Waals surface area (Å²) in [5.41, 5.74) is 5.87. The van der Waals surface area contributed by atoms with E-state index in [0.717, 1.165) is 0 Å². The Labute approximate surface area is 94.4 Å². The fourth-order valence-electron chi connectivity index (χ4n) is 1.17. The zero-order chi connectivity index (χ0) is 12.0. The first-order chi connectivity index (χ1) is 7.61. The van der Waals surface area contributed by atoms with E-state index in [4.69, 9.17) is 10.5 Å². The fraction of sp³-hybridized carbons (Fsp3) is 0.625. The monoisotopic (exact) mass is 248 g/mol. The highest BCUT2D eigenvalue weighted by atomic mass is 32.2. The third kappa shape index (κ3) is 3.27. The van der Waals surface area contributed by atoms with E-state index >= 15 is 0 Å². The van der Waals surface area contributed by atoms with E-state index < -0.39 is 10.0 Å². The molecule has 4 N–H and O–H groups in total. The van der Waals surface area contributed by atoms with Crippen molar-refractivity contribution in [2.45, 2.75) is 18.0 Å². The van der Waals surface area contributed by atoms with Crippen molar-refractivity contribution in [2.75, 3.05) is 20.3 Å². The second-order valence-corrected chi connectivity index (χ2v) is 4.88. The Hall–Kier alpha value is -0.960. The molecule has 0 aliphatic heterocycles. The van der Waals surface area contributed by atoms with Gasteiger partial charge in [-0.05, 0) is 6.42 Å². The molecule has 92 valence electrons. The molecule has 1 aromatic rings. The van der Waals surface area contributed by atoms with Crippen molar-refractivity contribution in [3.63, 3.8) is 0 Å². The number of ether oxygens (including phenoxy) is 1. The van der Waals surface area contributed by atoms with Gasteiger partial charge in [-0.1, -0.05) is 0 Å². The number of sulfonamides is 1. The predicted molar refractivity (Wildman–Crippen MR) is 58.2 cm³/mol. The molecule has 0 bridgehead atoms. The van der Waals surface area contributed by atoms with Crippen LogP contribution in [-0.4, -0.2) is 38.9 Å². The van der Waals surface area contributed by atoms with Gasteiger partial charge in [-0.25, -0.2) is 13.1 Å². The third-order valence-corrected chi connectivity index (χ3v) is 3.46. The van der Waals surface area contributed by atoms with Gasteiger partial charge in [0.25, 0.3) is 10.0 Å². The summed E-state index contributed by atoms with van der Waals surface area (Å²) in [6, 6.07) is 0. The molecule has 0 unspecified atom stereocenters. The van der Waals surface area contributed by atoms with Gasteiger partial charge < -0.3 is 10.5 Å². The van der Waals surface area contributed by atoms with Gasteiger partial charge >= 0.3 is 0 Å². The summed E-state index contributed by atoms with van der Waals surface area (Å²) in [4.78, 5) is 0. The van der Waals surface area contributed by atoms with Crippen LogP contribution < -0.4 is 10.5 Å². The Bertz CT molecular complexity index is 415. The maximum Gasteiger partial charge on any atom is 0.257 e. The minimum Gasteiger partial charge on any atom is -0.385 e. The number of aromatic nitrogens is 2. The molecule has 0 saturated heterocycles. The van der Waals surface area contributed by atoms with Crippen molar-refractivity contribution in [3.8, 4) is 0 Å². The van der Waals surface area contributed by atoms with E-state index in [0.29, 0.717) is 25.1 Å². The van der Waals surface area contributed by atoms with Gasteiger partial charge in [0, 0.05) is 32.4 Å². The lowest BCUT2D eigenvalue weighted by Crippen LogP contribution is -2.27. The molecule has 0 aromatic carbocycles. The van der Waals surface area contributed by atoms with Gasteiger partial charge in [0.1, 0.15) is 0 Å². The summed E-state index contributed by atoms with van der Waals surface area (Å²) in [6.07, 6.45) is 2.02. The summed E-state index contributed by atoms with van der Waals surface area (Å²) < 4.78 is 30.8. The van der Waals surface area contributed by atoms with E-state index in [1.807, 2.05) is 0 Å². The van der Waals surface area contributed by atoms with Crippen LogP contribution in [0.15, 0.2) is 11.2 Å². The molecular formula is C8H16N4O3S. The quantitative estimate of drug-likeness (QED) is 0.546. The minimum absolute atomic E-state index is 0.0346. The van der Waals surface area contributed by atoms with Crippen molar-refractivity contribution < 1.29 is 13.2 Å². The Morgan fingerprint density at radius 3 is 3.00 bits per heavy atom. The van der Waals surface area contributed by atoms with Crippen molar-refractivity contribution in [1.82, 2.24) is 14.9 Å². The third-order valence-electron chi connectivity index (χ3n) is 1.98. The Balaban J connectivity index is 2.64. The van der Waals surface area contributed by atoms with E-state index in [1.54, 1.807) is 7.11 Å². The lowest BCUT2D eigenvalue weighted by Gasteiger charge is -2.05. The zero-order valence-corrected chi connectivity index (χ0v) is 9.88. The van der Waals surface area contributed by atoms with Crippen LogP contribution in [0.5, 0.6) is 0 Å². The molecule has 7 nitrogen and oxygen atoms in total. The molecule has 0 aliphatic carbocycles. The molecular weight excluding hydrogens is 232 g/mol. The smallest absolute Gasteiger partial charge is 0.257 e. The Morgan fingerprint density at radius 1 is 1.62 bits per heavy atom. The maximum atomic E-state index is 11.8. The molecule has 1 heterocycles. The number of nitrogens with zero attached hydrogens (tertiary/aromatic N) is 1. The van der Waals surface area contributed by atoms with Crippen LogP contribution in [0.1, 0.15) is 12.0 Å². The maximum absolute atomic E-state index is 11.8. The topological polar surface area (TPSA) is 110 Å². The summed E-state index contributed by atoms with van der Waals surface area (Å²) in [6.45, 7) is 0.958. The van der Waals surface area contributed by atoms with Crippen molar-refractivity contribution in [2.24, 2.45) is 5.73 Å². The molecule has 1 aromatic heterocycles. The van der Waals surface area contributed by atoms with Crippen molar-refractivity contribution >= 4 is 10.0 Å². The molecule has 0 spiro atoms. The highest BCUT2D eigenvalue weighted by Gasteiger charge is 2.19. The number of H-pyrrole nitrogens is 1. The number of aromatic amines is 1. The molecule has 1 rings (SSSR count). The Morgan fingerprint density at radius 2 is 2.38 bits per heavy atom. The SMILES string of the molecule is COCCCNS(=O)(=O)c1[nH]ncc1CN. The first-order valence-corrected chi connectivity index (χ1v) is 6.31. The van der Waals surface area contributed by atoms with Crippen molar-refractivity contribution in [1.29, 1.82) is 0 Å². The predicted octanol–water partition coefficient (Wildman–Crippen LogP) is -0.817. The summed E-state index contributed by atoms with van der Waals surface area (Å²) in [5, 5.41) is 6.12. The number of methoxy groups -OCH3 is 1. The molecule has 8 heteroatoms. The number of nitrogens with one attached hydrogen (secondary N) is 2. The second kappa shape index (κ2) is 5.94. The first-order valence-electron chi connectivity index (χ1n) is 4.82. The first kappa shape index (κ1) is 13.1. The molecule has 0 aliphatic rings. The largest absolute Gasteiger partial charge is 0.385 e. The summed E-state index contributed by atoms with van der Waals surface area (Å²) in [5.74, 6) is 0. The van der Waals surface area contributed by atoms with Gasteiger partial charge in [-0.15, -0.1) is 0 Å². The standard InChI is InChI=1S/C8H16N4O3S/c1-15-4-2-3-11-16(13,14)8-7(5-9)6-10-12-8/h6,11H,2-5,9H2,1H3,(H,10,12). The lowest BCUT2D eigenvalue weighted by molar-refractivity contribution is 0.196. The summed E-state index contributed by atoms with van der Waals surface area (Å²) >= 11 is 0. The lowest BCUT2D eigenvalue weighted by atomic mass is 10.4. The van der Waals surface area contributed by atoms with Crippen LogP contribution in [0.3, 0.4) is 0 Å². The normalized spacial score (nSPS) is 11.9. The van der Waals surface area contributed by atoms with E-state index in [-0.39, 0.29) is 11.6 Å². The summed E-state index contributed by atoms with van der Waals surface area (Å²) in [7, 11) is -1.98. The van der Waals surface area contributed by atoms with Crippen LogP contribution in [0, 0.1) is 0 Å². The van der Waals surface area contributed by atoms with Crippen LogP contribution in [0.4, 0.5) is 0 Å². The van der Waals surface area contributed by atoms with Crippen LogP contribution in [0.25, 0.3) is 0 Å². The number of nitrogens with two attached hydrogens (primary N) is 1. The van der Waals surface area contributed by atoms with Crippen LogP contribution >= 0.6 is 0 Å². The number of rotatable bonds is 7. The van der Waals surface area contributed by atoms with Gasteiger partial charge in [-0.2, -0.15) is 5.10 Å².